The molecule has 0 radical (unpaired) electrons. The number of carbonyl (C=O) groups is 1. The summed E-state index contributed by atoms with van der Waals surface area (Å²) >= 11 is 0. The van der Waals surface area contributed by atoms with Crippen LogP contribution in [0, 0.1) is 0 Å². The molecule has 144 valence electrons. The molecule has 26 heavy (non-hydrogen) atoms. The van der Waals surface area contributed by atoms with Crippen molar-refractivity contribution in [1.82, 2.24) is 9.80 Å². The first kappa shape index (κ1) is 19.2. The molecule has 0 aliphatic carbocycles. The minimum absolute atomic E-state index is 0.0990. The first-order valence-electron chi connectivity index (χ1n) is 9.10. The standard InChI is InChI=1S/C19H25F3N2O2/c1-14(25)23-7-5-17(6-8-23)24-9-10-26-18(13-24)12-15-3-2-4-16(11-15)19(20,21)22/h2-4,11,17-18H,5-10,12-13H2,1H3. The van der Waals surface area contributed by atoms with E-state index in [2.05, 4.69) is 4.90 Å². The Balaban J connectivity index is 1.57. The number of hydrogen-bond acceptors (Lipinski definition) is 3. The van der Waals surface area contributed by atoms with Crippen LogP contribution in [0.5, 0.6) is 0 Å². The Morgan fingerprint density at radius 1 is 1.23 bits per heavy atom. The lowest BCUT2D eigenvalue weighted by molar-refractivity contribution is -0.137. The molecule has 7 heteroatoms. The molecule has 1 unspecified atom stereocenters. The van der Waals surface area contributed by atoms with Gasteiger partial charge in [-0.2, -0.15) is 13.2 Å². The van der Waals surface area contributed by atoms with Crippen molar-refractivity contribution >= 4 is 5.91 Å². The van der Waals surface area contributed by atoms with Gasteiger partial charge in [0.15, 0.2) is 0 Å². The fourth-order valence-corrected chi connectivity index (χ4v) is 3.88. The van der Waals surface area contributed by atoms with Crippen LogP contribution in [0.15, 0.2) is 24.3 Å². The van der Waals surface area contributed by atoms with Gasteiger partial charge < -0.3 is 9.64 Å². The van der Waals surface area contributed by atoms with E-state index in [1.54, 1.807) is 13.0 Å². The van der Waals surface area contributed by atoms with Crippen LogP contribution < -0.4 is 0 Å². The van der Waals surface area contributed by atoms with Crippen LogP contribution in [0.1, 0.15) is 30.9 Å². The van der Waals surface area contributed by atoms with E-state index in [-0.39, 0.29) is 12.0 Å². The van der Waals surface area contributed by atoms with Crippen molar-refractivity contribution in [3.63, 3.8) is 0 Å². The monoisotopic (exact) mass is 370 g/mol. The summed E-state index contributed by atoms with van der Waals surface area (Å²) in [7, 11) is 0. The zero-order chi connectivity index (χ0) is 18.7. The van der Waals surface area contributed by atoms with Crippen molar-refractivity contribution in [2.75, 3.05) is 32.8 Å². The van der Waals surface area contributed by atoms with Crippen molar-refractivity contribution in [2.24, 2.45) is 0 Å². The highest BCUT2D eigenvalue weighted by atomic mass is 19.4. The number of halogens is 3. The highest BCUT2D eigenvalue weighted by molar-refractivity contribution is 5.73. The highest BCUT2D eigenvalue weighted by Gasteiger charge is 2.32. The Morgan fingerprint density at radius 2 is 1.96 bits per heavy atom. The van der Waals surface area contributed by atoms with Crippen molar-refractivity contribution in [1.29, 1.82) is 0 Å². The summed E-state index contributed by atoms with van der Waals surface area (Å²) < 4.78 is 44.4. The van der Waals surface area contributed by atoms with Gasteiger partial charge in [-0.25, -0.2) is 0 Å². The summed E-state index contributed by atoms with van der Waals surface area (Å²) in [6.45, 7) is 5.30. The molecule has 2 aliphatic heterocycles. The number of rotatable bonds is 3. The van der Waals surface area contributed by atoms with E-state index in [0.29, 0.717) is 24.6 Å². The van der Waals surface area contributed by atoms with Crippen LogP contribution in [0.3, 0.4) is 0 Å². The molecule has 0 spiro atoms. The number of benzene rings is 1. The third-order valence-corrected chi connectivity index (χ3v) is 5.31. The van der Waals surface area contributed by atoms with Crippen molar-refractivity contribution in [3.8, 4) is 0 Å². The summed E-state index contributed by atoms with van der Waals surface area (Å²) in [6.07, 6.45) is -2.06. The van der Waals surface area contributed by atoms with Gasteiger partial charge in [-0.1, -0.05) is 18.2 Å². The number of ether oxygens (including phenoxy) is 1. The van der Waals surface area contributed by atoms with Gasteiger partial charge in [0.05, 0.1) is 18.3 Å². The number of morpholine rings is 1. The third-order valence-electron chi connectivity index (χ3n) is 5.31. The van der Waals surface area contributed by atoms with Crippen molar-refractivity contribution in [3.05, 3.63) is 35.4 Å². The molecule has 1 atom stereocenters. The fourth-order valence-electron chi connectivity index (χ4n) is 3.88. The maximum Gasteiger partial charge on any atom is 0.416 e. The van der Waals surface area contributed by atoms with Gasteiger partial charge in [-0.15, -0.1) is 0 Å². The fraction of sp³-hybridized carbons (Fsp3) is 0.632. The summed E-state index contributed by atoms with van der Waals surface area (Å²) in [5.74, 6) is 0.118. The highest BCUT2D eigenvalue weighted by Crippen LogP contribution is 2.30. The predicted octanol–water partition coefficient (Wildman–Crippen LogP) is 2.96. The molecule has 2 heterocycles. The SMILES string of the molecule is CC(=O)N1CCC(N2CCOC(Cc3cccc(C(F)(F)F)c3)C2)CC1. The first-order valence-corrected chi connectivity index (χ1v) is 9.10. The van der Waals surface area contributed by atoms with Crippen LogP contribution in [0.4, 0.5) is 13.2 Å². The number of amides is 1. The van der Waals surface area contributed by atoms with E-state index in [1.807, 2.05) is 4.90 Å². The summed E-state index contributed by atoms with van der Waals surface area (Å²) in [5.41, 5.74) is 0.0392. The number of alkyl halides is 3. The first-order chi connectivity index (χ1) is 12.3. The van der Waals surface area contributed by atoms with Gasteiger partial charge in [-0.3, -0.25) is 9.69 Å². The van der Waals surface area contributed by atoms with Gasteiger partial charge in [-0.05, 0) is 30.9 Å². The zero-order valence-electron chi connectivity index (χ0n) is 15.0. The Hall–Kier alpha value is -1.60. The normalized spacial score (nSPS) is 23.2. The van der Waals surface area contributed by atoms with Crippen LogP contribution in [-0.4, -0.2) is 60.6 Å². The molecular formula is C19H25F3N2O2. The molecule has 4 nitrogen and oxygen atoms in total. The zero-order valence-corrected chi connectivity index (χ0v) is 15.0. The topological polar surface area (TPSA) is 32.8 Å². The molecule has 0 aromatic heterocycles. The van der Waals surface area contributed by atoms with Crippen molar-refractivity contribution < 1.29 is 22.7 Å². The summed E-state index contributed by atoms with van der Waals surface area (Å²) in [6, 6.07) is 5.91. The van der Waals surface area contributed by atoms with E-state index < -0.39 is 11.7 Å². The van der Waals surface area contributed by atoms with E-state index in [4.69, 9.17) is 4.74 Å². The maximum absolute atomic E-state index is 12.9. The van der Waals surface area contributed by atoms with Gasteiger partial charge in [0.25, 0.3) is 0 Å². The Labute approximate surface area is 151 Å². The number of piperidine rings is 1. The largest absolute Gasteiger partial charge is 0.416 e. The van der Waals surface area contributed by atoms with Gasteiger partial charge >= 0.3 is 6.18 Å². The molecule has 0 bridgehead atoms. The lowest BCUT2D eigenvalue weighted by Gasteiger charge is -2.42. The molecule has 0 saturated carbocycles. The molecule has 2 aliphatic rings. The quantitative estimate of drug-likeness (QED) is 0.820. The van der Waals surface area contributed by atoms with E-state index in [0.717, 1.165) is 45.1 Å². The van der Waals surface area contributed by atoms with Gasteiger partial charge in [0, 0.05) is 39.1 Å². The van der Waals surface area contributed by atoms with Crippen LogP contribution >= 0.6 is 0 Å². The molecular weight excluding hydrogens is 345 g/mol. The molecule has 1 amide bonds. The second-order valence-electron chi connectivity index (χ2n) is 7.13. The minimum Gasteiger partial charge on any atom is -0.375 e. The maximum atomic E-state index is 12.9. The molecule has 3 rings (SSSR count). The number of hydrogen-bond donors (Lipinski definition) is 0. The smallest absolute Gasteiger partial charge is 0.375 e. The average molecular weight is 370 g/mol. The van der Waals surface area contributed by atoms with Crippen LogP contribution in [-0.2, 0) is 22.1 Å². The number of carbonyl (C=O) groups excluding carboxylic acids is 1. The van der Waals surface area contributed by atoms with Gasteiger partial charge in [0.2, 0.25) is 5.91 Å². The average Bonchev–Trinajstić information content (AvgIpc) is 2.61. The molecule has 2 saturated heterocycles. The van der Waals surface area contributed by atoms with E-state index >= 15 is 0 Å². The predicted molar refractivity (Wildman–Crippen MR) is 91.7 cm³/mol. The second-order valence-corrected chi connectivity index (χ2v) is 7.13. The number of likely N-dealkylation sites (tertiary alicyclic amines) is 1. The van der Waals surface area contributed by atoms with Gasteiger partial charge in [0.1, 0.15) is 0 Å². The van der Waals surface area contributed by atoms with Crippen molar-refractivity contribution in [2.45, 2.75) is 44.5 Å². The van der Waals surface area contributed by atoms with E-state index in [1.165, 1.54) is 12.1 Å². The lowest BCUT2D eigenvalue weighted by Crippen LogP contribution is -2.52. The third kappa shape index (κ3) is 4.76. The summed E-state index contributed by atoms with van der Waals surface area (Å²) in [5, 5.41) is 0. The Kier molecular flexibility index (Phi) is 5.87. The minimum atomic E-state index is -4.32. The molecule has 1 aromatic carbocycles. The molecule has 2 fully saturated rings. The van der Waals surface area contributed by atoms with Crippen LogP contribution in [0.25, 0.3) is 0 Å². The van der Waals surface area contributed by atoms with E-state index in [9.17, 15) is 18.0 Å². The number of nitrogens with zero attached hydrogens (tertiary/aromatic N) is 2. The molecule has 1 aromatic rings. The Morgan fingerprint density at radius 3 is 2.62 bits per heavy atom. The second kappa shape index (κ2) is 7.96. The summed E-state index contributed by atoms with van der Waals surface area (Å²) in [4.78, 5) is 15.7. The lowest BCUT2D eigenvalue weighted by atomic mass is 9.99. The molecule has 0 N–H and O–H groups in total. The Bertz CT molecular complexity index is 627. The van der Waals surface area contributed by atoms with Crippen LogP contribution in [0.2, 0.25) is 0 Å².